The molecule has 1 aromatic carbocycles. The van der Waals surface area contributed by atoms with Crippen LogP contribution in [0.2, 0.25) is 0 Å². The van der Waals surface area contributed by atoms with Gasteiger partial charge in [0.2, 0.25) is 20.0 Å². The Morgan fingerprint density at radius 2 is 1.76 bits per heavy atom. The number of nitrogens with one attached hydrogen (secondary N) is 2. The Balaban J connectivity index is 2.93. The van der Waals surface area contributed by atoms with Gasteiger partial charge in [0.1, 0.15) is 0 Å². The Labute approximate surface area is 130 Å². The number of hydrogen-bond acceptors (Lipinski definition) is 6. The van der Waals surface area contributed by atoms with Gasteiger partial charge in [0.25, 0.3) is 5.69 Å². The summed E-state index contributed by atoms with van der Waals surface area (Å²) in [6.07, 6.45) is 0.931. The van der Waals surface area contributed by atoms with Crippen LogP contribution in [0.5, 0.6) is 0 Å². The fourth-order valence-electron chi connectivity index (χ4n) is 1.35. The van der Waals surface area contributed by atoms with Crippen LogP contribution in [0.1, 0.15) is 0 Å². The predicted octanol–water partition coefficient (Wildman–Crippen LogP) is 0.185. The molecule has 0 atom stereocenters. The monoisotopic (exact) mass is 401 g/mol. The van der Waals surface area contributed by atoms with Crippen LogP contribution in [0.3, 0.4) is 0 Å². The number of nitro benzene ring substituents is 1. The van der Waals surface area contributed by atoms with E-state index in [-0.39, 0.29) is 13.1 Å². The Hall–Kier alpha value is -1.08. The van der Waals surface area contributed by atoms with E-state index in [2.05, 4.69) is 25.4 Å². The van der Waals surface area contributed by atoms with E-state index in [4.69, 9.17) is 0 Å². The molecule has 1 rings (SSSR count). The zero-order chi connectivity index (χ0) is 16.3. The highest BCUT2D eigenvalue weighted by atomic mass is 79.9. The van der Waals surface area contributed by atoms with Crippen molar-refractivity contribution in [2.75, 3.05) is 19.3 Å². The molecule has 118 valence electrons. The number of halogens is 1. The molecule has 0 saturated carbocycles. The Bertz CT molecular complexity index is 747. The summed E-state index contributed by atoms with van der Waals surface area (Å²) in [5.74, 6) is 0. The van der Waals surface area contributed by atoms with Crippen molar-refractivity contribution in [2.24, 2.45) is 0 Å². The number of sulfonamides is 2. The third kappa shape index (κ3) is 5.67. The number of rotatable bonds is 7. The van der Waals surface area contributed by atoms with Gasteiger partial charge in [-0.2, -0.15) is 0 Å². The van der Waals surface area contributed by atoms with E-state index in [1.807, 2.05) is 0 Å². The summed E-state index contributed by atoms with van der Waals surface area (Å²) in [6.45, 7) is -0.404. The molecule has 0 bridgehead atoms. The third-order valence-electron chi connectivity index (χ3n) is 2.19. The van der Waals surface area contributed by atoms with Crippen LogP contribution in [0, 0.1) is 10.1 Å². The maximum Gasteiger partial charge on any atom is 0.289 e. The Morgan fingerprint density at radius 1 is 1.19 bits per heavy atom. The molecule has 0 fully saturated rings. The van der Waals surface area contributed by atoms with Crippen molar-refractivity contribution in [3.8, 4) is 0 Å². The van der Waals surface area contributed by atoms with E-state index in [1.54, 1.807) is 0 Å². The summed E-state index contributed by atoms with van der Waals surface area (Å²) >= 11 is 3.04. The summed E-state index contributed by atoms with van der Waals surface area (Å²) in [4.78, 5) is 9.54. The van der Waals surface area contributed by atoms with E-state index in [0.29, 0.717) is 4.47 Å². The van der Waals surface area contributed by atoms with E-state index < -0.39 is 35.6 Å². The lowest BCUT2D eigenvalue weighted by molar-refractivity contribution is -0.387. The average Bonchev–Trinajstić information content (AvgIpc) is 2.33. The number of nitro groups is 1. The fraction of sp³-hybridized carbons (Fsp3) is 0.333. The molecule has 0 aliphatic heterocycles. The Kier molecular flexibility index (Phi) is 5.81. The van der Waals surface area contributed by atoms with E-state index in [0.717, 1.165) is 18.4 Å². The van der Waals surface area contributed by atoms with Crippen LogP contribution < -0.4 is 9.44 Å². The number of nitrogens with zero attached hydrogens (tertiary/aromatic N) is 1. The number of benzene rings is 1. The lowest BCUT2D eigenvalue weighted by atomic mass is 10.3. The van der Waals surface area contributed by atoms with Crippen LogP contribution in [-0.2, 0) is 20.0 Å². The van der Waals surface area contributed by atoms with Crippen LogP contribution in [0.25, 0.3) is 0 Å². The molecule has 1 aromatic rings. The molecular weight excluding hydrogens is 390 g/mol. The Morgan fingerprint density at radius 3 is 2.29 bits per heavy atom. The van der Waals surface area contributed by atoms with Crippen molar-refractivity contribution in [3.63, 3.8) is 0 Å². The minimum atomic E-state index is -4.13. The molecule has 12 heteroatoms. The molecule has 0 aromatic heterocycles. The first-order valence-electron chi connectivity index (χ1n) is 5.41. The van der Waals surface area contributed by atoms with Crippen molar-refractivity contribution in [2.45, 2.75) is 4.90 Å². The molecule has 0 saturated heterocycles. The van der Waals surface area contributed by atoms with Crippen LogP contribution in [-0.4, -0.2) is 41.1 Å². The van der Waals surface area contributed by atoms with Gasteiger partial charge in [0.15, 0.2) is 4.90 Å². The first kappa shape index (κ1) is 18.0. The van der Waals surface area contributed by atoms with Gasteiger partial charge < -0.3 is 0 Å². The zero-order valence-corrected chi connectivity index (χ0v) is 14.0. The standard InChI is InChI=1S/C9H12BrN3O6S2/c1-20(16,17)11-4-5-12-21(18,19)9-6-7(10)2-3-8(9)13(14)15/h2-3,6,11-12H,4-5H2,1H3. The summed E-state index contributed by atoms with van der Waals surface area (Å²) in [5.41, 5.74) is -0.568. The quantitative estimate of drug-likeness (QED) is 0.380. The topological polar surface area (TPSA) is 135 Å². The average molecular weight is 402 g/mol. The molecule has 0 amide bonds. The molecule has 0 spiro atoms. The van der Waals surface area contributed by atoms with Gasteiger partial charge in [-0.25, -0.2) is 26.3 Å². The van der Waals surface area contributed by atoms with Gasteiger partial charge >= 0.3 is 0 Å². The van der Waals surface area contributed by atoms with E-state index >= 15 is 0 Å². The number of hydrogen-bond donors (Lipinski definition) is 2. The van der Waals surface area contributed by atoms with Gasteiger partial charge in [-0.1, -0.05) is 15.9 Å². The maximum atomic E-state index is 12.0. The van der Waals surface area contributed by atoms with E-state index in [1.165, 1.54) is 6.07 Å². The minimum Gasteiger partial charge on any atom is -0.258 e. The molecular formula is C9H12BrN3O6S2. The molecule has 9 nitrogen and oxygen atoms in total. The highest BCUT2D eigenvalue weighted by Crippen LogP contribution is 2.26. The normalized spacial score (nSPS) is 12.3. The predicted molar refractivity (Wildman–Crippen MR) is 78.8 cm³/mol. The summed E-state index contributed by atoms with van der Waals surface area (Å²) < 4.78 is 50.3. The second-order valence-electron chi connectivity index (χ2n) is 3.93. The largest absolute Gasteiger partial charge is 0.289 e. The molecule has 0 heterocycles. The zero-order valence-electron chi connectivity index (χ0n) is 10.7. The lowest BCUT2D eigenvalue weighted by Gasteiger charge is -2.08. The van der Waals surface area contributed by atoms with Crippen molar-refractivity contribution < 1.29 is 21.8 Å². The van der Waals surface area contributed by atoms with Gasteiger partial charge in [-0.05, 0) is 12.1 Å². The second-order valence-corrected chi connectivity index (χ2v) is 8.42. The third-order valence-corrected chi connectivity index (χ3v) is 4.90. The van der Waals surface area contributed by atoms with Gasteiger partial charge in [0, 0.05) is 23.6 Å². The van der Waals surface area contributed by atoms with Crippen LogP contribution in [0.15, 0.2) is 27.6 Å². The van der Waals surface area contributed by atoms with Gasteiger partial charge in [0.05, 0.1) is 11.2 Å². The van der Waals surface area contributed by atoms with Gasteiger partial charge in [-0.15, -0.1) is 0 Å². The molecule has 0 aliphatic rings. The summed E-state index contributed by atoms with van der Waals surface area (Å²) in [5, 5.41) is 10.8. The van der Waals surface area contributed by atoms with Crippen molar-refractivity contribution >= 4 is 41.7 Å². The SMILES string of the molecule is CS(=O)(=O)NCCNS(=O)(=O)c1cc(Br)ccc1[N+](=O)[O-]. The molecule has 0 aliphatic carbocycles. The van der Waals surface area contributed by atoms with Crippen LogP contribution in [0.4, 0.5) is 5.69 Å². The summed E-state index contributed by atoms with van der Waals surface area (Å²) in [6, 6.07) is 3.51. The molecule has 0 radical (unpaired) electrons. The van der Waals surface area contributed by atoms with Gasteiger partial charge in [-0.3, -0.25) is 10.1 Å². The van der Waals surface area contributed by atoms with Crippen molar-refractivity contribution in [1.29, 1.82) is 0 Å². The highest BCUT2D eigenvalue weighted by Gasteiger charge is 2.25. The minimum absolute atomic E-state index is 0.167. The first-order valence-corrected chi connectivity index (χ1v) is 9.58. The lowest BCUT2D eigenvalue weighted by Crippen LogP contribution is -2.34. The fourth-order valence-corrected chi connectivity index (χ4v) is 3.57. The summed E-state index contributed by atoms with van der Waals surface area (Å²) in [7, 11) is -7.57. The highest BCUT2D eigenvalue weighted by molar-refractivity contribution is 9.10. The molecule has 21 heavy (non-hydrogen) atoms. The van der Waals surface area contributed by atoms with Crippen LogP contribution >= 0.6 is 15.9 Å². The molecule has 2 N–H and O–H groups in total. The van der Waals surface area contributed by atoms with Crippen molar-refractivity contribution in [1.82, 2.24) is 9.44 Å². The smallest absolute Gasteiger partial charge is 0.258 e. The maximum absolute atomic E-state index is 12.0. The van der Waals surface area contributed by atoms with Crippen molar-refractivity contribution in [3.05, 3.63) is 32.8 Å². The second kappa shape index (κ2) is 6.79. The first-order chi connectivity index (χ1) is 9.53. The molecule has 0 unspecified atom stereocenters. The van der Waals surface area contributed by atoms with E-state index in [9.17, 15) is 26.9 Å².